The molecule has 17 heavy (non-hydrogen) atoms. The number of imidazole rings is 1. The molecule has 1 aromatic rings. The molecule has 0 radical (unpaired) electrons. The van der Waals surface area contributed by atoms with Gasteiger partial charge in [-0.3, -0.25) is 4.79 Å². The van der Waals surface area contributed by atoms with Crippen molar-refractivity contribution in [3.63, 3.8) is 0 Å². The zero-order valence-corrected chi connectivity index (χ0v) is 11.6. The summed E-state index contributed by atoms with van der Waals surface area (Å²) < 4.78 is 1.79. The third-order valence-electron chi connectivity index (χ3n) is 3.36. The molecule has 94 valence electrons. The van der Waals surface area contributed by atoms with Crippen molar-refractivity contribution in [1.29, 1.82) is 0 Å². The van der Waals surface area contributed by atoms with E-state index in [9.17, 15) is 4.79 Å². The molecule has 2 rings (SSSR count). The first-order valence-electron chi connectivity index (χ1n) is 6.05. The minimum Gasteiger partial charge on any atom is -0.348 e. The van der Waals surface area contributed by atoms with Gasteiger partial charge in [-0.2, -0.15) is 0 Å². The Labute approximate surface area is 110 Å². The largest absolute Gasteiger partial charge is 0.348 e. The van der Waals surface area contributed by atoms with Crippen molar-refractivity contribution in [3.8, 4) is 0 Å². The van der Waals surface area contributed by atoms with Crippen LogP contribution in [0.4, 0.5) is 0 Å². The Kier molecular flexibility index (Phi) is 4.20. The Morgan fingerprint density at radius 2 is 2.35 bits per heavy atom. The maximum absolute atomic E-state index is 12.0. The highest BCUT2D eigenvalue weighted by molar-refractivity contribution is 9.09. The molecule has 1 heterocycles. The summed E-state index contributed by atoms with van der Waals surface area (Å²) >= 11 is 3.53. The van der Waals surface area contributed by atoms with Crippen LogP contribution in [0.1, 0.15) is 36.2 Å². The number of halogens is 1. The van der Waals surface area contributed by atoms with Crippen LogP contribution in [0.2, 0.25) is 0 Å². The molecule has 1 aliphatic rings. The Hall–Kier alpha value is -0.840. The number of alkyl halides is 1. The molecule has 1 aliphatic carbocycles. The van der Waals surface area contributed by atoms with Crippen LogP contribution in [0.15, 0.2) is 12.5 Å². The Bertz CT molecular complexity index is 391. The highest BCUT2D eigenvalue weighted by Crippen LogP contribution is 2.26. The average molecular weight is 300 g/mol. The molecule has 1 saturated carbocycles. The van der Waals surface area contributed by atoms with Crippen LogP contribution >= 0.6 is 15.9 Å². The van der Waals surface area contributed by atoms with Crippen molar-refractivity contribution in [2.45, 2.75) is 31.7 Å². The summed E-state index contributed by atoms with van der Waals surface area (Å²) in [4.78, 5) is 16.1. The van der Waals surface area contributed by atoms with Crippen LogP contribution in [0.5, 0.6) is 0 Å². The Morgan fingerprint density at radius 3 is 3.00 bits per heavy atom. The molecule has 0 spiro atoms. The van der Waals surface area contributed by atoms with Crippen molar-refractivity contribution in [2.75, 3.05) is 5.33 Å². The first-order valence-corrected chi connectivity index (χ1v) is 7.17. The van der Waals surface area contributed by atoms with E-state index in [-0.39, 0.29) is 11.9 Å². The van der Waals surface area contributed by atoms with E-state index in [0.29, 0.717) is 11.6 Å². The maximum Gasteiger partial charge on any atom is 0.271 e. The molecule has 0 saturated heterocycles. The molecule has 0 aliphatic heterocycles. The molecule has 0 aromatic carbocycles. The standard InChI is InChI=1S/C12H18BrN3O/c1-16-7-11(14-8-16)12(17)15-10-5-3-2-4-9(10)6-13/h7-10H,2-6H2,1H3,(H,15,17). The fraction of sp³-hybridized carbons (Fsp3) is 0.667. The first kappa shape index (κ1) is 12.6. The van der Waals surface area contributed by atoms with E-state index >= 15 is 0 Å². The highest BCUT2D eigenvalue weighted by atomic mass is 79.9. The monoisotopic (exact) mass is 299 g/mol. The second-order valence-corrected chi connectivity index (χ2v) is 5.35. The molecule has 2 atom stereocenters. The predicted octanol–water partition coefficient (Wildman–Crippen LogP) is 2.10. The SMILES string of the molecule is Cn1cnc(C(=O)NC2CCCCC2CBr)c1. The second kappa shape index (κ2) is 5.67. The summed E-state index contributed by atoms with van der Waals surface area (Å²) in [5, 5.41) is 4.06. The van der Waals surface area contributed by atoms with Gasteiger partial charge in [0.05, 0.1) is 6.33 Å². The lowest BCUT2D eigenvalue weighted by molar-refractivity contribution is 0.0907. The van der Waals surface area contributed by atoms with E-state index < -0.39 is 0 Å². The van der Waals surface area contributed by atoms with Crippen LogP contribution < -0.4 is 5.32 Å². The van der Waals surface area contributed by atoms with Crippen molar-refractivity contribution >= 4 is 21.8 Å². The zero-order chi connectivity index (χ0) is 12.3. The van der Waals surface area contributed by atoms with E-state index in [0.717, 1.165) is 11.8 Å². The van der Waals surface area contributed by atoms with E-state index in [4.69, 9.17) is 0 Å². The number of hydrogen-bond acceptors (Lipinski definition) is 2. The molecule has 1 fully saturated rings. The summed E-state index contributed by atoms with van der Waals surface area (Å²) in [6, 6.07) is 0.289. The molecule has 4 nitrogen and oxygen atoms in total. The van der Waals surface area contributed by atoms with Gasteiger partial charge in [0.1, 0.15) is 5.69 Å². The van der Waals surface area contributed by atoms with Crippen LogP contribution in [-0.4, -0.2) is 26.8 Å². The Morgan fingerprint density at radius 1 is 1.59 bits per heavy atom. The first-order chi connectivity index (χ1) is 8.20. The maximum atomic E-state index is 12.0. The number of rotatable bonds is 3. The van der Waals surface area contributed by atoms with Crippen molar-refractivity contribution < 1.29 is 4.79 Å². The summed E-state index contributed by atoms with van der Waals surface area (Å²) in [6.45, 7) is 0. The highest BCUT2D eigenvalue weighted by Gasteiger charge is 2.26. The number of carbonyl (C=O) groups is 1. The van der Waals surface area contributed by atoms with Gasteiger partial charge in [-0.15, -0.1) is 0 Å². The number of nitrogens with one attached hydrogen (secondary N) is 1. The third kappa shape index (κ3) is 3.09. The fourth-order valence-electron chi connectivity index (χ4n) is 2.35. The number of amides is 1. The molecular formula is C12H18BrN3O. The van der Waals surface area contributed by atoms with Gasteiger partial charge in [0, 0.05) is 24.6 Å². The smallest absolute Gasteiger partial charge is 0.271 e. The van der Waals surface area contributed by atoms with E-state index in [1.807, 2.05) is 7.05 Å². The lowest BCUT2D eigenvalue weighted by Crippen LogP contribution is -2.42. The summed E-state index contributed by atoms with van der Waals surface area (Å²) in [6.07, 6.45) is 8.15. The quantitative estimate of drug-likeness (QED) is 0.869. The lowest BCUT2D eigenvalue weighted by Gasteiger charge is -2.30. The molecule has 5 heteroatoms. The van der Waals surface area contributed by atoms with Gasteiger partial charge >= 0.3 is 0 Å². The van der Waals surface area contributed by atoms with E-state index in [2.05, 4.69) is 26.2 Å². The summed E-state index contributed by atoms with van der Waals surface area (Å²) in [5.74, 6) is 0.500. The van der Waals surface area contributed by atoms with Gasteiger partial charge in [-0.05, 0) is 18.8 Å². The topological polar surface area (TPSA) is 46.9 Å². The van der Waals surface area contributed by atoms with Gasteiger partial charge in [0.25, 0.3) is 5.91 Å². The molecule has 0 bridgehead atoms. The molecule has 2 unspecified atom stereocenters. The van der Waals surface area contributed by atoms with Crippen molar-refractivity contribution in [1.82, 2.24) is 14.9 Å². The lowest BCUT2D eigenvalue weighted by atomic mass is 9.86. The summed E-state index contributed by atoms with van der Waals surface area (Å²) in [7, 11) is 1.87. The van der Waals surface area contributed by atoms with Crippen LogP contribution in [0, 0.1) is 5.92 Å². The molecular weight excluding hydrogens is 282 g/mol. The predicted molar refractivity (Wildman–Crippen MR) is 70.2 cm³/mol. The van der Waals surface area contributed by atoms with Gasteiger partial charge in [0.2, 0.25) is 0 Å². The average Bonchev–Trinajstić information content (AvgIpc) is 2.77. The zero-order valence-electron chi connectivity index (χ0n) is 10.0. The van der Waals surface area contributed by atoms with Crippen LogP contribution in [0.3, 0.4) is 0 Å². The fourth-order valence-corrected chi connectivity index (χ4v) is 3.13. The molecule has 1 N–H and O–H groups in total. The normalized spacial score (nSPS) is 24.6. The van der Waals surface area contributed by atoms with E-state index in [1.165, 1.54) is 19.3 Å². The number of carbonyl (C=O) groups excluding carboxylic acids is 1. The number of nitrogens with zero attached hydrogens (tertiary/aromatic N) is 2. The minimum absolute atomic E-state index is 0.0524. The Balaban J connectivity index is 1.97. The number of hydrogen-bond donors (Lipinski definition) is 1. The van der Waals surface area contributed by atoms with Crippen LogP contribution in [0.25, 0.3) is 0 Å². The molecule has 1 aromatic heterocycles. The summed E-state index contributed by atoms with van der Waals surface area (Å²) in [5.41, 5.74) is 0.506. The van der Waals surface area contributed by atoms with Gasteiger partial charge < -0.3 is 9.88 Å². The third-order valence-corrected chi connectivity index (χ3v) is 4.19. The minimum atomic E-state index is -0.0524. The number of aryl methyl sites for hydroxylation is 1. The van der Waals surface area contributed by atoms with Gasteiger partial charge in [0.15, 0.2) is 0 Å². The van der Waals surface area contributed by atoms with Gasteiger partial charge in [-0.1, -0.05) is 28.8 Å². The van der Waals surface area contributed by atoms with Gasteiger partial charge in [-0.25, -0.2) is 4.98 Å². The van der Waals surface area contributed by atoms with Crippen molar-refractivity contribution in [3.05, 3.63) is 18.2 Å². The number of aromatic nitrogens is 2. The van der Waals surface area contributed by atoms with Crippen molar-refractivity contribution in [2.24, 2.45) is 13.0 Å². The van der Waals surface area contributed by atoms with Crippen LogP contribution in [-0.2, 0) is 7.05 Å². The molecule has 1 amide bonds. The second-order valence-electron chi connectivity index (χ2n) is 4.70. The van der Waals surface area contributed by atoms with E-state index in [1.54, 1.807) is 17.1 Å².